The summed E-state index contributed by atoms with van der Waals surface area (Å²) in [5.41, 5.74) is 1.42. The minimum absolute atomic E-state index is 0.254. The van der Waals surface area contributed by atoms with E-state index in [1.54, 1.807) is 24.5 Å². The van der Waals surface area contributed by atoms with Gasteiger partial charge in [0.25, 0.3) is 0 Å². The van der Waals surface area contributed by atoms with Crippen LogP contribution in [0.25, 0.3) is 0 Å². The number of aromatic nitrogens is 1. The van der Waals surface area contributed by atoms with E-state index in [1.807, 2.05) is 24.3 Å². The average Bonchev–Trinajstić information content (AvgIpc) is 3.17. The van der Waals surface area contributed by atoms with Gasteiger partial charge < -0.3 is 9.84 Å². The lowest BCUT2D eigenvalue weighted by molar-refractivity contribution is 0.0696. The fraction of sp³-hybridized carbons (Fsp3) is 0.400. The SMILES string of the molecule is O=C(O)c1cccc(CN2C[C@H]3CC[C@H](Oc4cccnc4)[C@H]3C2)c1. The molecule has 4 rings (SSSR count). The first-order valence-electron chi connectivity index (χ1n) is 8.80. The third-order valence-corrected chi connectivity index (χ3v) is 5.37. The molecule has 5 heteroatoms. The summed E-state index contributed by atoms with van der Waals surface area (Å²) in [6.07, 6.45) is 6.09. The Morgan fingerprint density at radius 1 is 1.24 bits per heavy atom. The van der Waals surface area contributed by atoms with E-state index in [2.05, 4.69) is 9.88 Å². The van der Waals surface area contributed by atoms with E-state index in [0.29, 0.717) is 17.4 Å². The second-order valence-electron chi connectivity index (χ2n) is 7.05. The van der Waals surface area contributed by atoms with Gasteiger partial charge in [0.15, 0.2) is 0 Å². The van der Waals surface area contributed by atoms with Crippen LogP contribution < -0.4 is 4.74 Å². The molecular weight excluding hydrogens is 316 g/mol. The van der Waals surface area contributed by atoms with E-state index in [1.165, 1.54) is 6.42 Å². The maximum atomic E-state index is 11.1. The van der Waals surface area contributed by atoms with E-state index in [4.69, 9.17) is 9.84 Å². The molecule has 0 unspecified atom stereocenters. The second kappa shape index (κ2) is 6.84. The number of rotatable bonds is 5. The van der Waals surface area contributed by atoms with E-state index in [9.17, 15) is 4.79 Å². The summed E-state index contributed by atoms with van der Waals surface area (Å²) in [6.45, 7) is 2.87. The fourth-order valence-corrected chi connectivity index (χ4v) is 4.24. The number of pyridine rings is 1. The van der Waals surface area contributed by atoms with Crippen molar-refractivity contribution in [1.29, 1.82) is 0 Å². The van der Waals surface area contributed by atoms with Gasteiger partial charge in [-0.05, 0) is 48.6 Å². The normalized spacial score (nSPS) is 25.7. The molecular formula is C20H22N2O3. The zero-order valence-electron chi connectivity index (χ0n) is 14.0. The van der Waals surface area contributed by atoms with Gasteiger partial charge in [0.1, 0.15) is 11.9 Å². The molecule has 1 aromatic heterocycles. The van der Waals surface area contributed by atoms with Crippen molar-refractivity contribution in [1.82, 2.24) is 9.88 Å². The Morgan fingerprint density at radius 3 is 2.96 bits per heavy atom. The van der Waals surface area contributed by atoms with E-state index in [0.717, 1.165) is 37.4 Å². The van der Waals surface area contributed by atoms with Gasteiger partial charge in [0.05, 0.1) is 11.8 Å². The molecule has 1 aliphatic heterocycles. The fourth-order valence-electron chi connectivity index (χ4n) is 4.24. The number of hydrogen-bond donors (Lipinski definition) is 1. The Kier molecular flexibility index (Phi) is 4.40. The Bertz CT molecular complexity index is 750. The van der Waals surface area contributed by atoms with Crippen molar-refractivity contribution in [2.24, 2.45) is 11.8 Å². The number of carbonyl (C=O) groups is 1. The van der Waals surface area contributed by atoms with Crippen molar-refractivity contribution in [2.75, 3.05) is 13.1 Å². The van der Waals surface area contributed by atoms with Crippen molar-refractivity contribution in [3.8, 4) is 5.75 Å². The maximum absolute atomic E-state index is 11.1. The lowest BCUT2D eigenvalue weighted by Gasteiger charge is -2.22. The van der Waals surface area contributed by atoms with Crippen molar-refractivity contribution in [3.05, 3.63) is 59.9 Å². The van der Waals surface area contributed by atoms with Crippen LogP contribution in [-0.2, 0) is 6.54 Å². The number of carboxylic acids is 1. The highest BCUT2D eigenvalue weighted by Gasteiger charge is 2.43. The number of fused-ring (bicyclic) bond motifs is 1. The molecule has 2 fully saturated rings. The van der Waals surface area contributed by atoms with Crippen LogP contribution in [0, 0.1) is 11.8 Å². The lowest BCUT2D eigenvalue weighted by Crippen LogP contribution is -2.28. The quantitative estimate of drug-likeness (QED) is 0.908. The van der Waals surface area contributed by atoms with Gasteiger partial charge in [-0.3, -0.25) is 9.88 Å². The second-order valence-corrected chi connectivity index (χ2v) is 7.05. The molecule has 0 radical (unpaired) electrons. The molecule has 1 saturated heterocycles. The molecule has 0 amide bonds. The Hall–Kier alpha value is -2.40. The van der Waals surface area contributed by atoms with E-state index >= 15 is 0 Å². The van der Waals surface area contributed by atoms with Gasteiger partial charge in [0.2, 0.25) is 0 Å². The summed E-state index contributed by atoms with van der Waals surface area (Å²) in [7, 11) is 0. The molecule has 2 aromatic rings. The molecule has 2 heterocycles. The van der Waals surface area contributed by atoms with Crippen LogP contribution in [-0.4, -0.2) is 40.2 Å². The van der Waals surface area contributed by atoms with Crippen LogP contribution in [0.2, 0.25) is 0 Å². The van der Waals surface area contributed by atoms with Crippen LogP contribution >= 0.6 is 0 Å². The standard InChI is InChI=1S/C20H22N2O3/c23-20(24)15-4-1-3-14(9-15)11-22-12-16-6-7-19(18(16)13-22)25-17-5-2-8-21-10-17/h1-5,8-10,16,18-19H,6-7,11-13H2,(H,23,24)/t16-,18+,19+/m1/s1. The zero-order valence-corrected chi connectivity index (χ0v) is 14.0. The highest BCUT2D eigenvalue weighted by molar-refractivity contribution is 5.87. The molecule has 1 aliphatic carbocycles. The minimum Gasteiger partial charge on any atom is -0.488 e. The van der Waals surface area contributed by atoms with E-state index in [-0.39, 0.29) is 6.10 Å². The van der Waals surface area contributed by atoms with E-state index < -0.39 is 5.97 Å². The average molecular weight is 338 g/mol. The first kappa shape index (κ1) is 16.1. The predicted molar refractivity (Wildman–Crippen MR) is 93.5 cm³/mol. The Morgan fingerprint density at radius 2 is 2.16 bits per heavy atom. The van der Waals surface area contributed by atoms with Gasteiger partial charge >= 0.3 is 5.97 Å². The first-order valence-corrected chi connectivity index (χ1v) is 8.80. The van der Waals surface area contributed by atoms with Gasteiger partial charge in [-0.1, -0.05) is 12.1 Å². The zero-order chi connectivity index (χ0) is 17.2. The van der Waals surface area contributed by atoms with Crippen LogP contribution in [0.5, 0.6) is 5.75 Å². The monoisotopic (exact) mass is 338 g/mol. The maximum Gasteiger partial charge on any atom is 0.335 e. The van der Waals surface area contributed by atoms with Crippen LogP contribution in [0.15, 0.2) is 48.8 Å². The van der Waals surface area contributed by atoms with Crippen LogP contribution in [0.1, 0.15) is 28.8 Å². The molecule has 5 nitrogen and oxygen atoms in total. The highest BCUT2D eigenvalue weighted by atomic mass is 16.5. The van der Waals surface area contributed by atoms with Crippen molar-refractivity contribution in [3.63, 3.8) is 0 Å². The third kappa shape index (κ3) is 3.51. The van der Waals surface area contributed by atoms with Crippen LogP contribution in [0.4, 0.5) is 0 Å². The number of carboxylic acid groups (broad SMARTS) is 1. The molecule has 130 valence electrons. The van der Waals surface area contributed by atoms with Crippen molar-refractivity contribution in [2.45, 2.75) is 25.5 Å². The summed E-state index contributed by atoms with van der Waals surface area (Å²) in [5, 5.41) is 9.14. The summed E-state index contributed by atoms with van der Waals surface area (Å²) in [6, 6.07) is 11.1. The number of ether oxygens (including phenoxy) is 1. The molecule has 1 N–H and O–H groups in total. The molecule has 2 aliphatic rings. The Balaban J connectivity index is 1.39. The number of likely N-dealkylation sites (tertiary alicyclic amines) is 1. The molecule has 0 spiro atoms. The van der Waals surface area contributed by atoms with Crippen LogP contribution in [0.3, 0.4) is 0 Å². The highest BCUT2D eigenvalue weighted by Crippen LogP contribution is 2.40. The van der Waals surface area contributed by atoms with Gasteiger partial charge in [0, 0.05) is 31.7 Å². The summed E-state index contributed by atoms with van der Waals surface area (Å²) in [5.74, 6) is 1.19. The van der Waals surface area contributed by atoms with Gasteiger partial charge in [-0.25, -0.2) is 4.79 Å². The predicted octanol–water partition coefficient (Wildman–Crippen LogP) is 3.07. The number of nitrogens with zero attached hydrogens (tertiary/aromatic N) is 2. The molecule has 1 saturated carbocycles. The largest absolute Gasteiger partial charge is 0.488 e. The summed E-state index contributed by atoms with van der Waals surface area (Å²) >= 11 is 0. The minimum atomic E-state index is -0.870. The molecule has 1 aromatic carbocycles. The summed E-state index contributed by atoms with van der Waals surface area (Å²) < 4.78 is 6.17. The van der Waals surface area contributed by atoms with Gasteiger partial charge in [-0.2, -0.15) is 0 Å². The first-order chi connectivity index (χ1) is 12.2. The van der Waals surface area contributed by atoms with Crippen molar-refractivity contribution >= 4 is 5.97 Å². The van der Waals surface area contributed by atoms with Gasteiger partial charge in [-0.15, -0.1) is 0 Å². The summed E-state index contributed by atoms with van der Waals surface area (Å²) in [4.78, 5) is 17.7. The number of hydrogen-bond acceptors (Lipinski definition) is 4. The smallest absolute Gasteiger partial charge is 0.335 e. The molecule has 0 bridgehead atoms. The molecule has 25 heavy (non-hydrogen) atoms. The topological polar surface area (TPSA) is 62.7 Å². The lowest BCUT2D eigenvalue weighted by atomic mass is 9.99. The molecule has 3 atom stereocenters. The number of aromatic carboxylic acids is 1. The third-order valence-electron chi connectivity index (χ3n) is 5.37. The van der Waals surface area contributed by atoms with Crippen molar-refractivity contribution < 1.29 is 14.6 Å². The number of benzene rings is 1. The Labute approximate surface area is 147 Å².